The molecule has 0 spiro atoms. The van der Waals surface area contributed by atoms with Crippen LogP contribution in [0, 0.1) is 0 Å². The van der Waals surface area contributed by atoms with Crippen molar-refractivity contribution in [2.24, 2.45) is 5.73 Å². The van der Waals surface area contributed by atoms with E-state index in [-0.39, 0.29) is 29.6 Å². The van der Waals surface area contributed by atoms with E-state index in [0.29, 0.717) is 6.54 Å². The largest absolute Gasteiger partial charge is 0.326 e. The lowest BCUT2D eigenvalue weighted by Gasteiger charge is -2.41. The van der Waals surface area contributed by atoms with Crippen molar-refractivity contribution in [1.82, 2.24) is 9.88 Å². The molecule has 5 nitrogen and oxygen atoms in total. The standard InChI is InChI=1S/C13H21N3O2S/c1-10-9-19(17,18)7-6-16(10)13(11(2)14)12-4-3-5-15-8-12/h3-5,8,10-11,13H,6-7,9,14H2,1-2H3. The monoisotopic (exact) mass is 283 g/mol. The Morgan fingerprint density at radius 3 is 2.79 bits per heavy atom. The summed E-state index contributed by atoms with van der Waals surface area (Å²) in [5.74, 6) is 0.414. The second-order valence-electron chi connectivity index (χ2n) is 5.29. The molecule has 0 bridgehead atoms. The number of rotatable bonds is 3. The van der Waals surface area contributed by atoms with Crippen molar-refractivity contribution < 1.29 is 8.42 Å². The van der Waals surface area contributed by atoms with Crippen molar-refractivity contribution in [3.8, 4) is 0 Å². The maximum absolute atomic E-state index is 11.7. The molecule has 1 aliphatic rings. The summed E-state index contributed by atoms with van der Waals surface area (Å²) < 4.78 is 23.3. The summed E-state index contributed by atoms with van der Waals surface area (Å²) in [6.45, 7) is 4.43. The molecule has 3 atom stereocenters. The lowest BCUT2D eigenvalue weighted by atomic mass is 9.99. The Labute approximate surface area is 114 Å². The second-order valence-corrected chi connectivity index (χ2v) is 7.52. The molecule has 0 saturated carbocycles. The molecule has 2 rings (SSSR count). The van der Waals surface area contributed by atoms with Crippen molar-refractivity contribution in [3.05, 3.63) is 30.1 Å². The van der Waals surface area contributed by atoms with Gasteiger partial charge in [0.1, 0.15) is 0 Å². The van der Waals surface area contributed by atoms with E-state index in [1.165, 1.54) is 0 Å². The van der Waals surface area contributed by atoms with Crippen LogP contribution in [0.15, 0.2) is 24.5 Å². The Morgan fingerprint density at radius 1 is 1.53 bits per heavy atom. The van der Waals surface area contributed by atoms with Gasteiger partial charge in [-0.25, -0.2) is 8.42 Å². The quantitative estimate of drug-likeness (QED) is 0.878. The molecular weight excluding hydrogens is 262 g/mol. The van der Waals surface area contributed by atoms with Gasteiger partial charge in [0.2, 0.25) is 0 Å². The molecule has 0 radical (unpaired) electrons. The second kappa shape index (κ2) is 5.56. The summed E-state index contributed by atoms with van der Waals surface area (Å²) in [6, 6.07) is 3.80. The third-order valence-corrected chi connectivity index (χ3v) is 5.40. The Balaban J connectivity index is 2.26. The molecule has 19 heavy (non-hydrogen) atoms. The minimum Gasteiger partial charge on any atom is -0.326 e. The van der Waals surface area contributed by atoms with E-state index < -0.39 is 9.84 Å². The van der Waals surface area contributed by atoms with E-state index in [2.05, 4.69) is 9.88 Å². The number of nitrogens with zero attached hydrogens (tertiary/aromatic N) is 2. The molecule has 1 aromatic heterocycles. The summed E-state index contributed by atoms with van der Waals surface area (Å²) in [5, 5.41) is 0. The summed E-state index contributed by atoms with van der Waals surface area (Å²) >= 11 is 0. The van der Waals surface area contributed by atoms with Gasteiger partial charge in [-0.3, -0.25) is 9.88 Å². The van der Waals surface area contributed by atoms with Crippen molar-refractivity contribution in [2.75, 3.05) is 18.1 Å². The van der Waals surface area contributed by atoms with Gasteiger partial charge >= 0.3 is 0 Å². The SMILES string of the molecule is CC(N)C(c1cccnc1)N1CCS(=O)(=O)CC1C. The van der Waals surface area contributed by atoms with E-state index in [0.717, 1.165) is 5.56 Å². The van der Waals surface area contributed by atoms with Crippen LogP contribution in [0.4, 0.5) is 0 Å². The van der Waals surface area contributed by atoms with E-state index in [1.807, 2.05) is 32.2 Å². The van der Waals surface area contributed by atoms with Crippen molar-refractivity contribution >= 4 is 9.84 Å². The average Bonchev–Trinajstić information content (AvgIpc) is 2.33. The molecule has 1 aromatic rings. The van der Waals surface area contributed by atoms with Crippen molar-refractivity contribution in [2.45, 2.75) is 32.0 Å². The number of sulfone groups is 1. The predicted molar refractivity (Wildman–Crippen MR) is 75.4 cm³/mol. The van der Waals surface area contributed by atoms with Gasteiger partial charge in [0.15, 0.2) is 9.84 Å². The van der Waals surface area contributed by atoms with Gasteiger partial charge in [-0.05, 0) is 25.5 Å². The first kappa shape index (κ1) is 14.4. The number of aromatic nitrogens is 1. The van der Waals surface area contributed by atoms with Crippen LogP contribution < -0.4 is 5.73 Å². The number of hydrogen-bond donors (Lipinski definition) is 1. The van der Waals surface area contributed by atoms with Gasteiger partial charge in [-0.2, -0.15) is 0 Å². The first-order valence-electron chi connectivity index (χ1n) is 6.52. The van der Waals surface area contributed by atoms with E-state index in [9.17, 15) is 8.42 Å². The Hall–Kier alpha value is -0.980. The van der Waals surface area contributed by atoms with Gasteiger partial charge < -0.3 is 5.73 Å². The lowest BCUT2D eigenvalue weighted by Crippen LogP contribution is -2.52. The topological polar surface area (TPSA) is 76.3 Å². The van der Waals surface area contributed by atoms with E-state index in [4.69, 9.17) is 5.73 Å². The smallest absolute Gasteiger partial charge is 0.153 e. The van der Waals surface area contributed by atoms with Gasteiger partial charge in [-0.1, -0.05) is 6.07 Å². The van der Waals surface area contributed by atoms with Crippen LogP contribution >= 0.6 is 0 Å². The van der Waals surface area contributed by atoms with Crippen LogP contribution in [0.3, 0.4) is 0 Å². The Kier molecular flexibility index (Phi) is 4.23. The van der Waals surface area contributed by atoms with E-state index >= 15 is 0 Å². The summed E-state index contributed by atoms with van der Waals surface area (Å²) in [5.41, 5.74) is 7.16. The molecule has 106 valence electrons. The van der Waals surface area contributed by atoms with Crippen molar-refractivity contribution in [3.63, 3.8) is 0 Å². The fraction of sp³-hybridized carbons (Fsp3) is 0.615. The maximum atomic E-state index is 11.7. The molecular formula is C13H21N3O2S. The lowest BCUT2D eigenvalue weighted by molar-refractivity contribution is 0.140. The summed E-state index contributed by atoms with van der Waals surface area (Å²) in [4.78, 5) is 6.32. The van der Waals surface area contributed by atoms with Crippen LogP contribution in [0.25, 0.3) is 0 Å². The molecule has 2 heterocycles. The molecule has 0 amide bonds. The molecule has 0 aromatic carbocycles. The maximum Gasteiger partial charge on any atom is 0.153 e. The molecule has 1 fully saturated rings. The summed E-state index contributed by atoms with van der Waals surface area (Å²) in [6.07, 6.45) is 3.54. The number of pyridine rings is 1. The Bertz CT molecular complexity index is 516. The highest BCUT2D eigenvalue weighted by molar-refractivity contribution is 7.91. The molecule has 0 aliphatic carbocycles. The Morgan fingerprint density at radius 2 is 2.26 bits per heavy atom. The first-order valence-corrected chi connectivity index (χ1v) is 8.34. The zero-order chi connectivity index (χ0) is 14.0. The fourth-order valence-corrected chi connectivity index (χ4v) is 4.35. The molecule has 6 heteroatoms. The predicted octanol–water partition coefficient (Wildman–Crippen LogP) is 0.589. The normalized spacial score (nSPS) is 26.8. The highest BCUT2D eigenvalue weighted by Crippen LogP contribution is 2.27. The zero-order valence-corrected chi connectivity index (χ0v) is 12.2. The average molecular weight is 283 g/mol. The highest BCUT2D eigenvalue weighted by Gasteiger charge is 2.34. The van der Waals surface area contributed by atoms with Crippen LogP contribution in [-0.4, -0.2) is 48.4 Å². The molecule has 1 saturated heterocycles. The van der Waals surface area contributed by atoms with Crippen LogP contribution in [-0.2, 0) is 9.84 Å². The van der Waals surface area contributed by atoms with Gasteiger partial charge in [0, 0.05) is 31.0 Å². The minimum absolute atomic E-state index is 0.0131. The van der Waals surface area contributed by atoms with Crippen LogP contribution in [0.2, 0.25) is 0 Å². The summed E-state index contributed by atoms with van der Waals surface area (Å²) in [7, 11) is -2.90. The zero-order valence-electron chi connectivity index (χ0n) is 11.4. The number of hydrogen-bond acceptors (Lipinski definition) is 5. The van der Waals surface area contributed by atoms with Gasteiger partial charge in [0.25, 0.3) is 0 Å². The third-order valence-electron chi connectivity index (χ3n) is 3.60. The number of nitrogens with two attached hydrogens (primary N) is 1. The van der Waals surface area contributed by atoms with Crippen LogP contribution in [0.5, 0.6) is 0 Å². The fourth-order valence-electron chi connectivity index (χ4n) is 2.77. The van der Waals surface area contributed by atoms with Gasteiger partial charge in [-0.15, -0.1) is 0 Å². The third kappa shape index (κ3) is 3.32. The first-order chi connectivity index (χ1) is 8.91. The molecule has 1 aliphatic heterocycles. The molecule has 2 N–H and O–H groups in total. The van der Waals surface area contributed by atoms with Crippen molar-refractivity contribution in [1.29, 1.82) is 0 Å². The minimum atomic E-state index is -2.90. The molecule has 3 unspecified atom stereocenters. The van der Waals surface area contributed by atoms with Crippen LogP contribution in [0.1, 0.15) is 25.5 Å². The van der Waals surface area contributed by atoms with E-state index in [1.54, 1.807) is 6.20 Å². The highest BCUT2D eigenvalue weighted by atomic mass is 32.2. The van der Waals surface area contributed by atoms with Gasteiger partial charge in [0.05, 0.1) is 17.5 Å².